The van der Waals surface area contributed by atoms with E-state index in [9.17, 15) is 25.2 Å². The molecule has 6 nitrogen and oxygen atoms in total. The second-order valence-corrected chi connectivity index (χ2v) is 4.41. The van der Waals surface area contributed by atoms with Crippen LogP contribution in [0.5, 0.6) is 23.0 Å². The molecule has 2 aromatic carbocycles. The maximum absolute atomic E-state index is 12.1. The minimum absolute atomic E-state index is 0.0855. The molecule has 1 radical (unpaired) electrons. The summed E-state index contributed by atoms with van der Waals surface area (Å²) in [5.41, 5.74) is -0.667. The third-order valence-electron chi connectivity index (χ3n) is 2.98. The van der Waals surface area contributed by atoms with Crippen LogP contribution in [0.2, 0.25) is 0 Å². The summed E-state index contributed by atoms with van der Waals surface area (Å²) < 4.78 is 5.38. The lowest BCUT2D eigenvalue weighted by atomic mass is 10.1. The first-order chi connectivity index (χ1) is 9.97. The van der Waals surface area contributed by atoms with E-state index in [1.54, 1.807) is 0 Å². The molecular weight excluding hydrogens is 276 g/mol. The smallest absolute Gasteiger partial charge is 0.238 e. The van der Waals surface area contributed by atoms with Gasteiger partial charge in [-0.15, -0.1) is 0 Å². The van der Waals surface area contributed by atoms with Crippen molar-refractivity contribution in [1.82, 2.24) is 0 Å². The Kier molecular flexibility index (Phi) is 2.72. The van der Waals surface area contributed by atoms with Crippen LogP contribution in [0.25, 0.3) is 22.3 Å². The Labute approximate surface area is 117 Å². The zero-order valence-electron chi connectivity index (χ0n) is 10.5. The van der Waals surface area contributed by atoms with Crippen LogP contribution >= 0.6 is 0 Å². The van der Waals surface area contributed by atoms with Crippen LogP contribution in [-0.2, 0) is 0 Å². The van der Waals surface area contributed by atoms with Gasteiger partial charge < -0.3 is 24.8 Å². The molecule has 0 amide bonds. The molecule has 21 heavy (non-hydrogen) atoms. The molecule has 0 unspecified atom stereocenters. The fourth-order valence-electron chi connectivity index (χ4n) is 2.07. The average Bonchev–Trinajstić information content (AvgIpc) is 2.42. The summed E-state index contributed by atoms with van der Waals surface area (Å²) in [6.45, 7) is 0. The Morgan fingerprint density at radius 3 is 2.52 bits per heavy atom. The average molecular weight is 285 g/mol. The van der Waals surface area contributed by atoms with E-state index in [2.05, 4.69) is 6.07 Å². The zero-order valence-corrected chi connectivity index (χ0v) is 10.5. The molecule has 0 aliphatic carbocycles. The van der Waals surface area contributed by atoms with Gasteiger partial charge in [0.1, 0.15) is 28.2 Å². The van der Waals surface area contributed by atoms with Crippen molar-refractivity contribution in [3.05, 3.63) is 46.6 Å². The fraction of sp³-hybridized carbons (Fsp3) is 0. The van der Waals surface area contributed by atoms with Crippen molar-refractivity contribution in [1.29, 1.82) is 0 Å². The van der Waals surface area contributed by atoms with Crippen LogP contribution in [0, 0.1) is 6.07 Å². The number of fused-ring (bicyclic) bond motifs is 1. The first kappa shape index (κ1) is 12.9. The van der Waals surface area contributed by atoms with Crippen LogP contribution < -0.4 is 5.43 Å². The van der Waals surface area contributed by atoms with Crippen molar-refractivity contribution < 1.29 is 24.8 Å². The van der Waals surface area contributed by atoms with E-state index in [4.69, 9.17) is 4.42 Å². The normalized spacial score (nSPS) is 10.9. The van der Waals surface area contributed by atoms with Gasteiger partial charge in [-0.2, -0.15) is 0 Å². The highest BCUT2D eigenvalue weighted by atomic mass is 16.4. The topological polar surface area (TPSA) is 111 Å². The standard InChI is InChI=1S/C15H9O6/c16-8-3-1-2-7(4-8)15-14(20)13(19)12-10(18)5-9(17)6-11(12)21-15/h1-2,4-6,16-18,20H. The molecule has 3 aromatic rings. The predicted molar refractivity (Wildman–Crippen MR) is 73.4 cm³/mol. The van der Waals surface area contributed by atoms with Gasteiger partial charge in [0.2, 0.25) is 11.2 Å². The van der Waals surface area contributed by atoms with Crippen molar-refractivity contribution in [3.8, 4) is 34.3 Å². The molecule has 3 rings (SSSR count). The SMILES string of the molecule is O=c1c(O)c(-c2cc[c]c(O)c2)oc2cc(O)cc(O)c12. The molecule has 0 atom stereocenters. The lowest BCUT2D eigenvalue weighted by Crippen LogP contribution is -2.02. The Morgan fingerprint density at radius 1 is 1.05 bits per heavy atom. The number of aromatic hydroxyl groups is 4. The van der Waals surface area contributed by atoms with E-state index in [1.165, 1.54) is 18.2 Å². The number of phenols is 3. The van der Waals surface area contributed by atoms with Gasteiger partial charge in [-0.3, -0.25) is 4.79 Å². The fourth-order valence-corrected chi connectivity index (χ4v) is 2.07. The Balaban J connectivity index is 2.40. The second-order valence-electron chi connectivity index (χ2n) is 4.41. The van der Waals surface area contributed by atoms with Gasteiger partial charge >= 0.3 is 0 Å². The lowest BCUT2D eigenvalue weighted by molar-refractivity contribution is 0.438. The summed E-state index contributed by atoms with van der Waals surface area (Å²) in [5, 5.41) is 38.3. The van der Waals surface area contributed by atoms with Gasteiger partial charge in [0.25, 0.3) is 0 Å². The summed E-state index contributed by atoms with van der Waals surface area (Å²) in [4.78, 5) is 12.1. The monoisotopic (exact) mass is 285 g/mol. The highest BCUT2D eigenvalue weighted by Gasteiger charge is 2.18. The maximum Gasteiger partial charge on any atom is 0.238 e. The van der Waals surface area contributed by atoms with Crippen molar-refractivity contribution in [2.24, 2.45) is 0 Å². The largest absolute Gasteiger partial charge is 0.508 e. The molecule has 0 spiro atoms. The van der Waals surface area contributed by atoms with E-state index >= 15 is 0 Å². The third kappa shape index (κ3) is 2.02. The van der Waals surface area contributed by atoms with Crippen LogP contribution in [0.3, 0.4) is 0 Å². The van der Waals surface area contributed by atoms with Gasteiger partial charge in [-0.1, -0.05) is 6.07 Å². The third-order valence-corrected chi connectivity index (χ3v) is 2.98. The van der Waals surface area contributed by atoms with E-state index in [-0.39, 0.29) is 33.8 Å². The molecule has 1 aromatic heterocycles. The van der Waals surface area contributed by atoms with Gasteiger partial charge in [-0.25, -0.2) is 0 Å². The lowest BCUT2D eigenvalue weighted by Gasteiger charge is -2.07. The molecule has 1 heterocycles. The van der Waals surface area contributed by atoms with Gasteiger partial charge in [0.15, 0.2) is 5.76 Å². The number of phenolic OH excluding ortho intramolecular Hbond substituents is 3. The maximum atomic E-state index is 12.1. The minimum atomic E-state index is -0.837. The number of rotatable bonds is 1. The van der Waals surface area contributed by atoms with E-state index in [1.807, 2.05) is 0 Å². The molecule has 0 saturated heterocycles. The van der Waals surface area contributed by atoms with Gasteiger partial charge in [0.05, 0.1) is 0 Å². The van der Waals surface area contributed by atoms with Crippen molar-refractivity contribution in [2.45, 2.75) is 0 Å². The number of hydrogen-bond donors (Lipinski definition) is 4. The second kappa shape index (κ2) is 4.45. The van der Waals surface area contributed by atoms with Gasteiger partial charge in [-0.05, 0) is 12.1 Å². The molecule has 105 valence electrons. The first-order valence-electron chi connectivity index (χ1n) is 5.90. The Bertz CT molecular complexity index is 910. The van der Waals surface area contributed by atoms with Crippen LogP contribution in [-0.4, -0.2) is 20.4 Å². The van der Waals surface area contributed by atoms with E-state index in [0.717, 1.165) is 12.1 Å². The molecule has 4 N–H and O–H groups in total. The first-order valence-corrected chi connectivity index (χ1v) is 5.90. The quantitative estimate of drug-likeness (QED) is 0.544. The van der Waals surface area contributed by atoms with Crippen molar-refractivity contribution in [2.75, 3.05) is 0 Å². The Morgan fingerprint density at radius 2 is 1.81 bits per heavy atom. The highest BCUT2D eigenvalue weighted by Crippen LogP contribution is 2.35. The molecule has 0 aliphatic rings. The highest BCUT2D eigenvalue weighted by molar-refractivity contribution is 5.88. The molecule has 0 saturated carbocycles. The molecule has 0 bridgehead atoms. The molecule has 0 fully saturated rings. The molecule has 6 heteroatoms. The summed E-state index contributed by atoms with van der Waals surface area (Å²) in [6.07, 6.45) is 0. The number of benzene rings is 2. The minimum Gasteiger partial charge on any atom is -0.508 e. The van der Waals surface area contributed by atoms with Crippen molar-refractivity contribution >= 4 is 11.0 Å². The van der Waals surface area contributed by atoms with Crippen molar-refractivity contribution in [3.63, 3.8) is 0 Å². The van der Waals surface area contributed by atoms with Crippen LogP contribution in [0.4, 0.5) is 0 Å². The van der Waals surface area contributed by atoms with Crippen LogP contribution in [0.1, 0.15) is 0 Å². The molecular formula is C15H9O6. The Hall–Kier alpha value is -3.15. The summed E-state index contributed by atoms with van der Waals surface area (Å²) >= 11 is 0. The van der Waals surface area contributed by atoms with E-state index < -0.39 is 16.9 Å². The van der Waals surface area contributed by atoms with E-state index in [0.29, 0.717) is 0 Å². The van der Waals surface area contributed by atoms with Crippen LogP contribution in [0.15, 0.2) is 39.5 Å². The summed E-state index contributed by atoms with van der Waals surface area (Å²) in [7, 11) is 0. The summed E-state index contributed by atoms with van der Waals surface area (Å²) in [6, 6.07) is 8.76. The number of hydrogen-bond acceptors (Lipinski definition) is 6. The zero-order chi connectivity index (χ0) is 15.1. The predicted octanol–water partition coefficient (Wildman–Crippen LogP) is 2.08. The molecule has 0 aliphatic heterocycles. The summed E-state index contributed by atoms with van der Waals surface area (Å²) in [5.74, 6) is -1.85. The van der Waals surface area contributed by atoms with Gasteiger partial charge in [0, 0.05) is 23.8 Å².